The molecule has 0 radical (unpaired) electrons. The molecule has 2 unspecified atom stereocenters. The van der Waals surface area contributed by atoms with Gasteiger partial charge in [0.05, 0.1) is 28.3 Å². The molecular formula is C26H29Cl2F4N3O2. The lowest BCUT2D eigenvalue weighted by Crippen LogP contribution is -2.44. The Morgan fingerprint density at radius 2 is 1.78 bits per heavy atom. The van der Waals surface area contributed by atoms with Crippen LogP contribution in [0, 0.1) is 5.82 Å². The lowest BCUT2D eigenvalue weighted by molar-refractivity contribution is -0.140. The maximum Gasteiger partial charge on any atom is 0.419 e. The number of likely N-dealkylation sites (tertiary alicyclic amines) is 2. The molecule has 0 bridgehead atoms. The van der Waals surface area contributed by atoms with Gasteiger partial charge in [0.25, 0.3) is 0 Å². The van der Waals surface area contributed by atoms with Crippen LogP contribution in [0.15, 0.2) is 36.4 Å². The zero-order chi connectivity index (χ0) is 26.9. The van der Waals surface area contributed by atoms with Crippen LogP contribution in [0.5, 0.6) is 0 Å². The molecule has 2 aliphatic rings. The van der Waals surface area contributed by atoms with E-state index in [0.717, 1.165) is 17.7 Å². The molecule has 0 saturated carbocycles. The molecule has 37 heavy (non-hydrogen) atoms. The van der Waals surface area contributed by atoms with E-state index in [1.807, 2.05) is 22.9 Å². The van der Waals surface area contributed by atoms with Crippen LogP contribution in [-0.4, -0.2) is 77.6 Å². The Labute approximate surface area is 223 Å². The average molecular weight is 562 g/mol. The third-order valence-corrected chi connectivity index (χ3v) is 8.01. The van der Waals surface area contributed by atoms with E-state index >= 15 is 0 Å². The summed E-state index contributed by atoms with van der Waals surface area (Å²) in [7, 11) is 1.81. The van der Waals surface area contributed by atoms with Crippen molar-refractivity contribution in [3.05, 3.63) is 69.0 Å². The first-order valence-electron chi connectivity index (χ1n) is 12.1. The van der Waals surface area contributed by atoms with Crippen LogP contribution in [-0.2, 0) is 17.5 Å². The van der Waals surface area contributed by atoms with Gasteiger partial charge in [0.2, 0.25) is 5.91 Å². The number of hydrogen-bond donors (Lipinski definition) is 1. The molecule has 5 nitrogen and oxygen atoms in total. The van der Waals surface area contributed by atoms with Crippen LogP contribution in [0.1, 0.15) is 35.4 Å². The average Bonchev–Trinajstić information content (AvgIpc) is 3.27. The molecule has 2 fully saturated rings. The Morgan fingerprint density at radius 3 is 2.41 bits per heavy atom. The van der Waals surface area contributed by atoms with Gasteiger partial charge >= 0.3 is 6.18 Å². The van der Waals surface area contributed by atoms with Crippen molar-refractivity contribution < 1.29 is 27.5 Å². The van der Waals surface area contributed by atoms with Crippen LogP contribution in [0.25, 0.3) is 0 Å². The Balaban J connectivity index is 1.52. The molecule has 2 atom stereocenters. The highest BCUT2D eigenvalue weighted by atomic mass is 35.5. The third-order valence-electron chi connectivity index (χ3n) is 7.27. The number of hydrogen-bond acceptors (Lipinski definition) is 4. The minimum absolute atomic E-state index is 0.0297. The quantitative estimate of drug-likeness (QED) is 0.502. The number of piperidine rings is 1. The second kappa shape index (κ2) is 11.5. The van der Waals surface area contributed by atoms with Gasteiger partial charge in [-0.3, -0.25) is 14.6 Å². The van der Waals surface area contributed by atoms with Gasteiger partial charge in [0.1, 0.15) is 5.82 Å². The smallest absolute Gasteiger partial charge is 0.393 e. The summed E-state index contributed by atoms with van der Waals surface area (Å²) in [5.41, 5.74) is -0.00533. The number of amides is 1. The van der Waals surface area contributed by atoms with Crippen molar-refractivity contribution in [1.82, 2.24) is 14.7 Å². The van der Waals surface area contributed by atoms with E-state index in [2.05, 4.69) is 0 Å². The number of carbonyl (C=O) groups excluding carboxylic acids is 1. The second-order valence-corrected chi connectivity index (χ2v) is 10.7. The number of likely N-dealkylation sites (N-methyl/N-ethyl adjacent to an activating group) is 1. The van der Waals surface area contributed by atoms with Gasteiger partial charge in [0, 0.05) is 44.7 Å². The Morgan fingerprint density at radius 1 is 1.08 bits per heavy atom. The van der Waals surface area contributed by atoms with E-state index < -0.39 is 17.6 Å². The van der Waals surface area contributed by atoms with Gasteiger partial charge in [-0.25, -0.2) is 4.39 Å². The van der Waals surface area contributed by atoms with Gasteiger partial charge in [-0.2, -0.15) is 13.2 Å². The SMILES string of the molecule is CN(Cc1ccc(C(F)(F)F)c(F)c1)C1CN(C(=O)CN2CCC(O)CC2)CC1c1ccc(Cl)c(Cl)c1. The maximum absolute atomic E-state index is 14.2. The molecule has 2 heterocycles. The number of nitrogens with zero attached hydrogens (tertiary/aromatic N) is 3. The molecule has 4 rings (SSSR count). The minimum atomic E-state index is -4.76. The topological polar surface area (TPSA) is 47.0 Å². The van der Waals surface area contributed by atoms with Crippen molar-refractivity contribution in [2.45, 2.75) is 43.6 Å². The first-order chi connectivity index (χ1) is 17.4. The highest BCUT2D eigenvalue weighted by molar-refractivity contribution is 6.42. The van der Waals surface area contributed by atoms with Gasteiger partial charge in [-0.05, 0) is 55.3 Å². The third kappa shape index (κ3) is 6.75. The molecule has 0 aliphatic carbocycles. The zero-order valence-electron chi connectivity index (χ0n) is 20.3. The standard InChI is InChI=1S/C26H29Cl2F4N3O2/c1-33(12-16-2-4-20(23(29)10-16)26(30,31)32)24-14-35(25(37)15-34-8-6-18(36)7-9-34)13-19(24)17-3-5-21(27)22(28)11-17/h2-5,10-11,18-19,24,36H,6-9,12-15H2,1H3. The molecule has 2 saturated heterocycles. The number of aliphatic hydroxyl groups is 1. The first kappa shape index (κ1) is 28.1. The normalized spacial score (nSPS) is 21.7. The Kier molecular flexibility index (Phi) is 8.70. The van der Waals surface area contributed by atoms with E-state index in [9.17, 15) is 27.5 Å². The number of alkyl halides is 3. The van der Waals surface area contributed by atoms with Crippen molar-refractivity contribution in [1.29, 1.82) is 0 Å². The molecule has 11 heteroatoms. The van der Waals surface area contributed by atoms with Crippen molar-refractivity contribution >= 4 is 29.1 Å². The molecule has 1 amide bonds. The predicted octanol–water partition coefficient (Wildman–Crippen LogP) is 5.03. The summed E-state index contributed by atoms with van der Waals surface area (Å²) in [6.45, 7) is 2.59. The molecule has 2 aromatic rings. The highest BCUT2D eigenvalue weighted by Crippen LogP contribution is 2.36. The van der Waals surface area contributed by atoms with E-state index in [1.54, 1.807) is 17.0 Å². The van der Waals surface area contributed by atoms with Gasteiger partial charge in [-0.15, -0.1) is 0 Å². The lowest BCUT2D eigenvalue weighted by Gasteiger charge is -2.30. The van der Waals surface area contributed by atoms with Crippen molar-refractivity contribution in [2.24, 2.45) is 0 Å². The highest BCUT2D eigenvalue weighted by Gasteiger charge is 2.39. The van der Waals surface area contributed by atoms with Crippen LogP contribution in [0.3, 0.4) is 0 Å². The predicted molar refractivity (Wildman–Crippen MR) is 134 cm³/mol. The summed E-state index contributed by atoms with van der Waals surface area (Å²) in [5, 5.41) is 10.5. The van der Waals surface area contributed by atoms with Gasteiger partial charge in [0.15, 0.2) is 0 Å². The Bertz CT molecular complexity index is 1130. The van der Waals surface area contributed by atoms with Gasteiger partial charge < -0.3 is 10.0 Å². The molecule has 202 valence electrons. The number of aliphatic hydroxyl groups excluding tert-OH is 1. The number of carbonyl (C=O) groups is 1. The van der Waals surface area contributed by atoms with Crippen LogP contribution in [0.4, 0.5) is 17.6 Å². The van der Waals surface area contributed by atoms with Crippen molar-refractivity contribution in [2.75, 3.05) is 39.8 Å². The summed E-state index contributed by atoms with van der Waals surface area (Å²) < 4.78 is 53.1. The summed E-state index contributed by atoms with van der Waals surface area (Å²) in [6, 6.07) is 8.09. The van der Waals surface area contributed by atoms with E-state index in [-0.39, 0.29) is 37.1 Å². The van der Waals surface area contributed by atoms with Crippen LogP contribution in [0.2, 0.25) is 10.0 Å². The summed E-state index contributed by atoms with van der Waals surface area (Å²) in [6.07, 6.45) is -3.82. The number of benzene rings is 2. The fraction of sp³-hybridized carbons (Fsp3) is 0.500. The van der Waals surface area contributed by atoms with E-state index in [1.165, 1.54) is 6.07 Å². The Hall–Kier alpha value is -1.91. The molecule has 2 aliphatic heterocycles. The summed E-state index contributed by atoms with van der Waals surface area (Å²) in [4.78, 5) is 18.9. The summed E-state index contributed by atoms with van der Waals surface area (Å²) in [5.74, 6) is -1.47. The van der Waals surface area contributed by atoms with Gasteiger partial charge in [-0.1, -0.05) is 35.3 Å². The zero-order valence-corrected chi connectivity index (χ0v) is 21.8. The largest absolute Gasteiger partial charge is 0.419 e. The van der Waals surface area contributed by atoms with E-state index in [0.29, 0.717) is 54.6 Å². The van der Waals surface area contributed by atoms with Crippen LogP contribution < -0.4 is 0 Å². The molecule has 1 N–H and O–H groups in total. The fourth-order valence-corrected chi connectivity index (χ4v) is 5.47. The molecule has 2 aromatic carbocycles. The molecule has 0 aromatic heterocycles. The molecule has 0 spiro atoms. The van der Waals surface area contributed by atoms with Crippen LogP contribution >= 0.6 is 23.2 Å². The molecular weight excluding hydrogens is 533 g/mol. The maximum atomic E-state index is 14.2. The number of rotatable bonds is 6. The first-order valence-corrected chi connectivity index (χ1v) is 12.9. The minimum Gasteiger partial charge on any atom is -0.393 e. The van der Waals surface area contributed by atoms with Crippen molar-refractivity contribution in [3.63, 3.8) is 0 Å². The monoisotopic (exact) mass is 561 g/mol. The fourth-order valence-electron chi connectivity index (χ4n) is 5.17. The summed E-state index contributed by atoms with van der Waals surface area (Å²) >= 11 is 12.4. The number of halogens is 6. The second-order valence-electron chi connectivity index (χ2n) is 9.88. The lowest BCUT2D eigenvalue weighted by atomic mass is 9.93. The van der Waals surface area contributed by atoms with E-state index in [4.69, 9.17) is 23.2 Å². The van der Waals surface area contributed by atoms with Crippen molar-refractivity contribution in [3.8, 4) is 0 Å².